The van der Waals surface area contributed by atoms with Crippen LogP contribution in [0.3, 0.4) is 0 Å². The van der Waals surface area contributed by atoms with Gasteiger partial charge in [0.1, 0.15) is 11.6 Å². The number of carbonyl (C=O) groups excluding carboxylic acids is 1. The van der Waals surface area contributed by atoms with Crippen LogP contribution in [0.25, 0.3) is 0 Å². The summed E-state index contributed by atoms with van der Waals surface area (Å²) < 4.78 is 48.8. The van der Waals surface area contributed by atoms with Gasteiger partial charge in [0.25, 0.3) is 5.92 Å². The number of benzene rings is 3. The number of amides is 1. The van der Waals surface area contributed by atoms with Crippen LogP contribution in [0.4, 0.5) is 18.9 Å². The average molecular weight is 692 g/mol. The molecular formula is C41H52F3N3O3. The van der Waals surface area contributed by atoms with Crippen molar-refractivity contribution in [2.45, 2.75) is 96.2 Å². The van der Waals surface area contributed by atoms with Crippen molar-refractivity contribution in [3.8, 4) is 5.75 Å². The molecule has 3 atom stereocenters. The first kappa shape index (κ1) is 37.4. The second-order valence-electron chi connectivity index (χ2n) is 13.8. The van der Waals surface area contributed by atoms with E-state index in [1.807, 2.05) is 52.3 Å². The van der Waals surface area contributed by atoms with Gasteiger partial charge >= 0.3 is 0 Å². The highest BCUT2D eigenvalue weighted by Gasteiger charge is 2.33. The highest BCUT2D eigenvalue weighted by Crippen LogP contribution is 2.39. The molecule has 3 aromatic carbocycles. The summed E-state index contributed by atoms with van der Waals surface area (Å²) in [6.07, 6.45) is 6.18. The summed E-state index contributed by atoms with van der Waals surface area (Å²) in [5.74, 6) is -3.57. The third-order valence-corrected chi connectivity index (χ3v) is 10.4. The molecule has 50 heavy (non-hydrogen) atoms. The molecule has 2 aliphatic rings. The van der Waals surface area contributed by atoms with Crippen LogP contribution in [-0.4, -0.2) is 60.1 Å². The lowest BCUT2D eigenvalue weighted by Gasteiger charge is -2.37. The number of halogens is 3. The first-order valence-electron chi connectivity index (χ1n) is 18.1. The lowest BCUT2D eigenvalue weighted by molar-refractivity contribution is -0.130. The van der Waals surface area contributed by atoms with E-state index in [2.05, 4.69) is 30.9 Å². The molecule has 0 saturated carbocycles. The van der Waals surface area contributed by atoms with E-state index in [-0.39, 0.29) is 18.2 Å². The van der Waals surface area contributed by atoms with E-state index < -0.39 is 30.0 Å². The summed E-state index contributed by atoms with van der Waals surface area (Å²) in [6.45, 7) is 8.53. The topological polar surface area (TPSA) is 56.2 Å². The fourth-order valence-corrected chi connectivity index (χ4v) is 7.31. The lowest BCUT2D eigenvalue weighted by atomic mass is 9.89. The van der Waals surface area contributed by atoms with Crippen molar-refractivity contribution in [3.05, 3.63) is 107 Å². The quantitative estimate of drug-likeness (QED) is 0.194. The minimum atomic E-state index is -3.27. The highest BCUT2D eigenvalue weighted by molar-refractivity contribution is 5.79. The Morgan fingerprint density at radius 2 is 1.76 bits per heavy atom. The van der Waals surface area contributed by atoms with Crippen molar-refractivity contribution in [3.63, 3.8) is 0 Å². The number of rotatable bonds is 13. The monoisotopic (exact) mass is 691 g/mol. The Bertz CT molecular complexity index is 1610. The number of aliphatic hydroxyl groups excluding tert-OH is 1. The number of methoxy groups -OCH3 is 1. The van der Waals surface area contributed by atoms with E-state index in [1.165, 1.54) is 32.3 Å². The van der Waals surface area contributed by atoms with Crippen LogP contribution in [0.15, 0.2) is 78.5 Å². The van der Waals surface area contributed by atoms with Crippen molar-refractivity contribution in [1.29, 1.82) is 0 Å². The number of ether oxygens (including phenoxy) is 1. The van der Waals surface area contributed by atoms with E-state index in [1.54, 1.807) is 7.11 Å². The molecule has 0 radical (unpaired) electrons. The summed E-state index contributed by atoms with van der Waals surface area (Å²) in [4.78, 5) is 20.2. The van der Waals surface area contributed by atoms with Crippen molar-refractivity contribution < 1.29 is 27.8 Å². The SMILES string of the molecule is CCC(F)(F)c1ccc(CC(=O)N(CCCN2CCCCC2C)CC/C2=C\CC(C)c3ccccc3C(O)N2c2ccc(OC)cc2)cc1F. The Labute approximate surface area is 295 Å². The highest BCUT2D eigenvalue weighted by atomic mass is 19.3. The first-order valence-corrected chi connectivity index (χ1v) is 18.1. The van der Waals surface area contributed by atoms with Gasteiger partial charge in [-0.25, -0.2) is 13.2 Å². The number of hydrogen-bond donors (Lipinski definition) is 1. The van der Waals surface area contributed by atoms with Gasteiger partial charge in [-0.15, -0.1) is 0 Å². The third-order valence-electron chi connectivity index (χ3n) is 10.4. The Morgan fingerprint density at radius 3 is 2.44 bits per heavy atom. The normalized spacial score (nSPS) is 21.1. The summed E-state index contributed by atoms with van der Waals surface area (Å²) in [7, 11) is 1.61. The van der Waals surface area contributed by atoms with Gasteiger partial charge in [0.2, 0.25) is 5.91 Å². The number of anilines is 1. The van der Waals surface area contributed by atoms with Gasteiger partial charge in [0.15, 0.2) is 6.23 Å². The molecule has 2 aliphatic heterocycles. The van der Waals surface area contributed by atoms with Gasteiger partial charge in [0.05, 0.1) is 19.1 Å². The van der Waals surface area contributed by atoms with Crippen LogP contribution in [0.5, 0.6) is 5.75 Å². The number of nitrogens with zero attached hydrogens (tertiary/aromatic N) is 3. The van der Waals surface area contributed by atoms with Gasteiger partial charge in [0, 0.05) is 55.5 Å². The van der Waals surface area contributed by atoms with Crippen LogP contribution in [0, 0.1) is 5.82 Å². The zero-order chi connectivity index (χ0) is 35.8. The second-order valence-corrected chi connectivity index (χ2v) is 13.8. The number of hydrogen-bond acceptors (Lipinski definition) is 5. The zero-order valence-electron chi connectivity index (χ0n) is 29.9. The smallest absolute Gasteiger partial charge is 0.275 e. The van der Waals surface area contributed by atoms with Gasteiger partial charge in [-0.05, 0) is 92.6 Å². The van der Waals surface area contributed by atoms with Gasteiger partial charge in [-0.1, -0.05) is 56.7 Å². The number of fused-ring (bicyclic) bond motifs is 1. The van der Waals surface area contributed by atoms with Gasteiger partial charge < -0.3 is 24.5 Å². The molecule has 0 aliphatic carbocycles. The maximum Gasteiger partial charge on any atom is 0.275 e. The molecule has 0 spiro atoms. The molecule has 2 heterocycles. The van der Waals surface area contributed by atoms with E-state index in [9.17, 15) is 23.1 Å². The summed E-state index contributed by atoms with van der Waals surface area (Å²) >= 11 is 0. The Balaban J connectivity index is 1.40. The van der Waals surface area contributed by atoms with Crippen molar-refractivity contribution >= 4 is 11.6 Å². The molecule has 1 saturated heterocycles. The van der Waals surface area contributed by atoms with Crippen LogP contribution >= 0.6 is 0 Å². The number of allylic oxidation sites excluding steroid dienone is 1. The molecule has 1 fully saturated rings. The summed E-state index contributed by atoms with van der Waals surface area (Å²) in [6, 6.07) is 19.7. The molecule has 5 rings (SSSR count). The Hall–Kier alpha value is -3.82. The van der Waals surface area contributed by atoms with Crippen LogP contribution in [0.1, 0.15) is 100 Å². The van der Waals surface area contributed by atoms with E-state index >= 15 is 0 Å². The first-order chi connectivity index (χ1) is 24.0. The van der Waals surface area contributed by atoms with E-state index in [0.29, 0.717) is 36.9 Å². The molecule has 270 valence electrons. The van der Waals surface area contributed by atoms with Crippen molar-refractivity contribution in [2.75, 3.05) is 38.2 Å². The number of piperidine rings is 1. The number of aliphatic hydroxyl groups is 1. The lowest BCUT2D eigenvalue weighted by Crippen LogP contribution is -2.41. The van der Waals surface area contributed by atoms with E-state index in [0.717, 1.165) is 60.6 Å². The maximum atomic E-state index is 14.9. The minimum absolute atomic E-state index is 0.0940. The fourth-order valence-electron chi connectivity index (χ4n) is 7.31. The van der Waals surface area contributed by atoms with Crippen molar-refractivity contribution in [1.82, 2.24) is 9.80 Å². The molecule has 0 bridgehead atoms. The predicted octanol–water partition coefficient (Wildman–Crippen LogP) is 8.95. The fraction of sp³-hybridized carbons (Fsp3) is 0.488. The molecule has 1 amide bonds. The van der Waals surface area contributed by atoms with Crippen molar-refractivity contribution in [2.24, 2.45) is 0 Å². The van der Waals surface area contributed by atoms with Crippen LogP contribution in [-0.2, 0) is 17.1 Å². The van der Waals surface area contributed by atoms with Crippen LogP contribution in [0.2, 0.25) is 0 Å². The van der Waals surface area contributed by atoms with E-state index in [4.69, 9.17) is 4.74 Å². The second kappa shape index (κ2) is 16.9. The molecule has 6 nitrogen and oxygen atoms in total. The number of carbonyl (C=O) groups is 1. The third kappa shape index (κ3) is 8.90. The molecule has 3 unspecified atom stereocenters. The Morgan fingerprint density at radius 1 is 1.02 bits per heavy atom. The minimum Gasteiger partial charge on any atom is -0.497 e. The predicted molar refractivity (Wildman–Crippen MR) is 193 cm³/mol. The Kier molecular flexibility index (Phi) is 12.7. The maximum absolute atomic E-state index is 14.9. The molecule has 1 N–H and O–H groups in total. The standard InChI is InChI=1S/C41H52F3N3O3/c1-5-41(43,44)37-21-15-31(27-38(37)42)28-39(48)46(25-10-24-45-23-9-8-11-30(45)3)26-22-33-16-14-29(2)35-12-6-7-13-36(35)40(49)47(33)32-17-19-34(50-4)20-18-32/h6-7,12-13,15-21,27,29-30,40,49H,5,8-11,14,22-26,28H2,1-4H3/b33-16+. The van der Waals surface area contributed by atoms with Gasteiger partial charge in [-0.3, -0.25) is 4.79 Å². The molecular weight excluding hydrogens is 639 g/mol. The molecule has 9 heteroatoms. The average Bonchev–Trinajstić information content (AvgIpc) is 3.11. The van der Waals surface area contributed by atoms with Gasteiger partial charge in [-0.2, -0.15) is 0 Å². The summed E-state index contributed by atoms with van der Waals surface area (Å²) in [5.41, 5.74) is 3.34. The molecule has 3 aromatic rings. The molecule has 0 aromatic heterocycles. The van der Waals surface area contributed by atoms with Crippen LogP contribution < -0.4 is 9.64 Å². The summed E-state index contributed by atoms with van der Waals surface area (Å²) in [5, 5.41) is 12.0. The largest absolute Gasteiger partial charge is 0.497 e. The number of likely N-dealkylation sites (tertiary alicyclic amines) is 1. The zero-order valence-corrected chi connectivity index (χ0v) is 29.9. The number of alkyl halides is 2.